The van der Waals surface area contributed by atoms with Gasteiger partial charge in [-0.05, 0) is 55.8 Å². The number of esters is 1. The predicted octanol–water partition coefficient (Wildman–Crippen LogP) is 4.96. The average Bonchev–Trinajstić information content (AvgIpc) is 3.19. The van der Waals surface area contributed by atoms with Crippen molar-refractivity contribution in [2.24, 2.45) is 0 Å². The van der Waals surface area contributed by atoms with Crippen molar-refractivity contribution in [3.63, 3.8) is 0 Å². The third kappa shape index (κ3) is 5.15. The van der Waals surface area contributed by atoms with E-state index in [0.29, 0.717) is 20.5 Å². The summed E-state index contributed by atoms with van der Waals surface area (Å²) in [5, 5.41) is 0. The van der Waals surface area contributed by atoms with Gasteiger partial charge in [0.2, 0.25) is 5.78 Å². The first-order valence-electron chi connectivity index (χ1n) is 9.38. The Labute approximate surface area is 190 Å². The van der Waals surface area contributed by atoms with Crippen LogP contribution in [0.5, 0.6) is 0 Å². The number of thiophene rings is 1. The van der Waals surface area contributed by atoms with Crippen LogP contribution < -0.4 is 4.31 Å². The maximum absolute atomic E-state index is 13.3. The van der Waals surface area contributed by atoms with Crippen LogP contribution in [0.15, 0.2) is 65.6 Å². The molecule has 31 heavy (non-hydrogen) atoms. The van der Waals surface area contributed by atoms with Gasteiger partial charge in [-0.1, -0.05) is 35.9 Å². The topological polar surface area (TPSA) is 80.8 Å². The second-order valence-electron chi connectivity index (χ2n) is 6.59. The molecular weight excluding hydrogens is 458 g/mol. The number of Topliss-reactive ketones (excluding diaryl/α,β-unsaturated/α-hetero) is 1. The summed E-state index contributed by atoms with van der Waals surface area (Å²) < 4.78 is 33.5. The number of aryl methyl sites for hydroxylation is 1. The molecule has 1 aromatic heterocycles. The highest BCUT2D eigenvalue weighted by molar-refractivity contribution is 7.92. The molecule has 9 heteroatoms. The number of benzene rings is 2. The normalized spacial score (nSPS) is 11.2. The number of ether oxygens (including phenoxy) is 1. The van der Waals surface area contributed by atoms with Crippen LogP contribution in [0.25, 0.3) is 0 Å². The molecular formula is C22H20ClNO5S2. The molecule has 0 spiro atoms. The van der Waals surface area contributed by atoms with Gasteiger partial charge in [-0.3, -0.25) is 9.10 Å². The summed E-state index contributed by atoms with van der Waals surface area (Å²) in [7, 11) is -3.92. The summed E-state index contributed by atoms with van der Waals surface area (Å²) in [6.45, 7) is 3.15. The van der Waals surface area contributed by atoms with Crippen molar-refractivity contribution >= 4 is 50.4 Å². The number of carbonyl (C=O) groups is 2. The van der Waals surface area contributed by atoms with E-state index in [0.717, 1.165) is 11.3 Å². The van der Waals surface area contributed by atoms with E-state index in [2.05, 4.69) is 0 Å². The van der Waals surface area contributed by atoms with Crippen LogP contribution in [0.2, 0.25) is 4.34 Å². The summed E-state index contributed by atoms with van der Waals surface area (Å²) in [5.41, 5.74) is 1.07. The van der Waals surface area contributed by atoms with E-state index in [1.165, 1.54) is 16.4 Å². The predicted molar refractivity (Wildman–Crippen MR) is 122 cm³/mol. The Morgan fingerprint density at radius 2 is 1.77 bits per heavy atom. The molecule has 0 atom stereocenters. The number of nitrogens with zero attached hydrogens (tertiary/aromatic N) is 1. The Morgan fingerprint density at radius 1 is 1.06 bits per heavy atom. The average molecular weight is 478 g/mol. The van der Waals surface area contributed by atoms with Crippen molar-refractivity contribution in [3.8, 4) is 0 Å². The van der Waals surface area contributed by atoms with E-state index >= 15 is 0 Å². The van der Waals surface area contributed by atoms with Gasteiger partial charge in [-0.2, -0.15) is 0 Å². The Morgan fingerprint density at radius 3 is 2.39 bits per heavy atom. The first kappa shape index (κ1) is 23.0. The molecule has 0 aliphatic carbocycles. The number of para-hydroxylation sites is 1. The lowest BCUT2D eigenvalue weighted by Crippen LogP contribution is -2.31. The molecule has 0 saturated carbocycles. The third-order valence-electron chi connectivity index (χ3n) is 4.51. The minimum atomic E-state index is -3.92. The van der Waals surface area contributed by atoms with E-state index in [9.17, 15) is 18.0 Å². The van der Waals surface area contributed by atoms with Gasteiger partial charge in [0.25, 0.3) is 10.0 Å². The van der Waals surface area contributed by atoms with Gasteiger partial charge in [0, 0.05) is 6.54 Å². The highest BCUT2D eigenvalue weighted by Gasteiger charge is 2.26. The van der Waals surface area contributed by atoms with Crippen LogP contribution in [-0.4, -0.2) is 33.3 Å². The molecule has 0 amide bonds. The van der Waals surface area contributed by atoms with Crippen LogP contribution in [0.4, 0.5) is 5.69 Å². The van der Waals surface area contributed by atoms with Gasteiger partial charge >= 0.3 is 5.97 Å². The third-order valence-corrected chi connectivity index (χ3v) is 7.82. The van der Waals surface area contributed by atoms with Crippen molar-refractivity contribution in [2.75, 3.05) is 17.5 Å². The first-order valence-corrected chi connectivity index (χ1v) is 12.0. The zero-order valence-corrected chi connectivity index (χ0v) is 19.3. The molecule has 2 aromatic carbocycles. The van der Waals surface area contributed by atoms with Crippen LogP contribution in [-0.2, 0) is 14.8 Å². The fraction of sp³-hybridized carbons (Fsp3) is 0.182. The van der Waals surface area contributed by atoms with Gasteiger partial charge in [0.15, 0.2) is 6.61 Å². The minimum absolute atomic E-state index is 0.00372. The van der Waals surface area contributed by atoms with E-state index < -0.39 is 22.6 Å². The Bertz CT molecular complexity index is 1210. The Balaban J connectivity index is 1.83. The molecule has 0 aliphatic heterocycles. The van der Waals surface area contributed by atoms with E-state index in [1.54, 1.807) is 62.4 Å². The van der Waals surface area contributed by atoms with E-state index in [4.69, 9.17) is 16.3 Å². The fourth-order valence-corrected chi connectivity index (χ4v) is 5.65. The van der Waals surface area contributed by atoms with Crippen LogP contribution in [0.1, 0.15) is 32.5 Å². The lowest BCUT2D eigenvalue weighted by molar-refractivity contribution is 0.0475. The van der Waals surface area contributed by atoms with Crippen LogP contribution in [0, 0.1) is 6.92 Å². The maximum Gasteiger partial charge on any atom is 0.338 e. The number of anilines is 1. The van der Waals surface area contributed by atoms with E-state index in [-0.39, 0.29) is 22.8 Å². The van der Waals surface area contributed by atoms with Crippen molar-refractivity contribution in [2.45, 2.75) is 18.7 Å². The molecule has 0 aliphatic rings. The van der Waals surface area contributed by atoms with Gasteiger partial charge in [0.05, 0.1) is 25.4 Å². The first-order chi connectivity index (χ1) is 14.7. The van der Waals surface area contributed by atoms with Crippen molar-refractivity contribution in [3.05, 3.63) is 81.0 Å². The standard InChI is InChI=1S/C22H20ClNO5S2/c1-3-24(17-7-5-4-6-8-17)31(27,28)20-13-16(10-9-15(20)2)22(26)29-14-18(25)19-11-12-21(23)30-19/h4-13H,3,14H2,1-2H3. The van der Waals surface area contributed by atoms with Gasteiger partial charge < -0.3 is 4.74 Å². The molecule has 0 N–H and O–H groups in total. The monoisotopic (exact) mass is 477 g/mol. The fourth-order valence-electron chi connectivity index (χ4n) is 2.96. The molecule has 0 saturated heterocycles. The molecule has 0 radical (unpaired) electrons. The quantitative estimate of drug-likeness (QED) is 0.338. The van der Waals surface area contributed by atoms with Crippen LogP contribution in [0.3, 0.4) is 0 Å². The number of rotatable bonds is 8. The maximum atomic E-state index is 13.3. The summed E-state index contributed by atoms with van der Waals surface area (Å²) >= 11 is 6.91. The van der Waals surface area contributed by atoms with E-state index in [1.807, 2.05) is 0 Å². The Hall–Kier alpha value is -2.68. The Kier molecular flexibility index (Phi) is 7.15. The van der Waals surface area contributed by atoms with Crippen molar-refractivity contribution in [1.82, 2.24) is 0 Å². The SMILES string of the molecule is CCN(c1ccccc1)S(=O)(=O)c1cc(C(=O)OCC(=O)c2ccc(Cl)s2)ccc1C. The summed E-state index contributed by atoms with van der Waals surface area (Å²) in [6.07, 6.45) is 0. The van der Waals surface area contributed by atoms with Gasteiger partial charge in [0.1, 0.15) is 0 Å². The van der Waals surface area contributed by atoms with Crippen LogP contribution >= 0.6 is 22.9 Å². The molecule has 0 bridgehead atoms. The highest BCUT2D eigenvalue weighted by atomic mass is 35.5. The number of hydrogen-bond donors (Lipinski definition) is 0. The molecule has 1 heterocycles. The smallest absolute Gasteiger partial charge is 0.338 e. The number of sulfonamides is 1. The second kappa shape index (κ2) is 9.64. The molecule has 0 unspecified atom stereocenters. The summed E-state index contributed by atoms with van der Waals surface area (Å²) in [5.74, 6) is -1.17. The molecule has 162 valence electrons. The number of ketones is 1. The zero-order valence-electron chi connectivity index (χ0n) is 16.9. The number of halogens is 1. The lowest BCUT2D eigenvalue weighted by Gasteiger charge is -2.24. The molecule has 3 rings (SSSR count). The second-order valence-corrected chi connectivity index (χ2v) is 10.1. The summed E-state index contributed by atoms with van der Waals surface area (Å²) in [6, 6.07) is 16.2. The molecule has 0 fully saturated rings. The zero-order chi connectivity index (χ0) is 22.6. The highest BCUT2D eigenvalue weighted by Crippen LogP contribution is 2.27. The number of carbonyl (C=O) groups excluding carboxylic acids is 2. The van der Waals surface area contributed by atoms with Crippen molar-refractivity contribution < 1.29 is 22.7 Å². The lowest BCUT2D eigenvalue weighted by atomic mass is 10.1. The van der Waals surface area contributed by atoms with Crippen molar-refractivity contribution in [1.29, 1.82) is 0 Å². The molecule has 3 aromatic rings. The van der Waals surface area contributed by atoms with Gasteiger partial charge in [-0.15, -0.1) is 11.3 Å². The minimum Gasteiger partial charge on any atom is -0.454 e. The summed E-state index contributed by atoms with van der Waals surface area (Å²) in [4.78, 5) is 25.0. The number of hydrogen-bond acceptors (Lipinski definition) is 6. The molecule has 6 nitrogen and oxygen atoms in total. The van der Waals surface area contributed by atoms with Gasteiger partial charge in [-0.25, -0.2) is 13.2 Å². The largest absolute Gasteiger partial charge is 0.454 e.